The lowest BCUT2D eigenvalue weighted by atomic mass is 9.81. The van der Waals surface area contributed by atoms with Crippen LogP contribution >= 0.6 is 0 Å². The zero-order valence-electron chi connectivity index (χ0n) is 8.04. The quantitative estimate of drug-likeness (QED) is 0.485. The minimum atomic E-state index is -3.41. The zero-order chi connectivity index (χ0) is 10.6. The van der Waals surface area contributed by atoms with E-state index in [2.05, 4.69) is 11.4 Å². The van der Waals surface area contributed by atoms with Gasteiger partial charge in [0.15, 0.2) is 0 Å². The van der Waals surface area contributed by atoms with E-state index in [0.717, 1.165) is 6.26 Å². The zero-order valence-corrected chi connectivity index (χ0v) is 8.86. The van der Waals surface area contributed by atoms with Crippen LogP contribution in [-0.4, -0.2) is 32.9 Å². The number of nitrogens with zero attached hydrogens (tertiary/aromatic N) is 1. The van der Waals surface area contributed by atoms with Gasteiger partial charge in [-0.1, -0.05) is 0 Å². The highest BCUT2D eigenvalue weighted by molar-refractivity contribution is 7.86. The van der Waals surface area contributed by atoms with Gasteiger partial charge in [-0.3, -0.25) is 4.18 Å². The molecular formula is C9H10N2O3S. The molecule has 5 rings (SSSR count). The molecule has 5 nitrogen and oxygen atoms in total. The van der Waals surface area contributed by atoms with Crippen molar-refractivity contribution in [2.24, 2.45) is 23.2 Å². The first-order valence-electron chi connectivity index (χ1n) is 5.06. The van der Waals surface area contributed by atoms with E-state index in [0.29, 0.717) is 17.9 Å². The Bertz CT molecular complexity index is 510. The fourth-order valence-electron chi connectivity index (χ4n) is 3.81. The number of hydrogen-bond donors (Lipinski definition) is 1. The predicted octanol–water partition coefficient (Wildman–Crippen LogP) is -0.929. The molecule has 1 aliphatic heterocycles. The van der Waals surface area contributed by atoms with Crippen molar-refractivity contribution in [1.82, 2.24) is 5.32 Å². The molecule has 0 spiro atoms. The Morgan fingerprint density at radius 3 is 2.60 bits per heavy atom. The minimum Gasteiger partial charge on any atom is -0.305 e. The minimum absolute atomic E-state index is 0.165. The second-order valence-electron chi connectivity index (χ2n) is 5.11. The number of rotatable bonds is 2. The smallest absolute Gasteiger partial charge is 0.264 e. The Kier molecular flexibility index (Phi) is 1.11. The molecule has 1 N–H and O–H groups in total. The van der Waals surface area contributed by atoms with Gasteiger partial charge in [0.2, 0.25) is 0 Å². The lowest BCUT2D eigenvalue weighted by Crippen LogP contribution is -2.39. The van der Waals surface area contributed by atoms with E-state index in [9.17, 15) is 8.42 Å². The molecule has 1 saturated heterocycles. The fraction of sp³-hybridized carbons (Fsp3) is 0.889. The Hall–Kier alpha value is -0.640. The van der Waals surface area contributed by atoms with Gasteiger partial charge >= 0.3 is 0 Å². The van der Waals surface area contributed by atoms with Gasteiger partial charge in [0, 0.05) is 12.0 Å². The monoisotopic (exact) mass is 226 g/mol. The average molecular weight is 226 g/mol. The highest BCUT2D eigenvalue weighted by Crippen LogP contribution is 2.90. The summed E-state index contributed by atoms with van der Waals surface area (Å²) in [4.78, 5) is 0. The fourth-order valence-corrected chi connectivity index (χ4v) is 4.46. The van der Waals surface area contributed by atoms with Crippen molar-refractivity contribution in [2.75, 3.05) is 6.26 Å². The van der Waals surface area contributed by atoms with Crippen molar-refractivity contribution in [3.63, 3.8) is 0 Å². The summed E-state index contributed by atoms with van der Waals surface area (Å²) in [7, 11) is -3.41. The number of hydrogen-bond acceptors (Lipinski definition) is 5. The Morgan fingerprint density at radius 1 is 1.33 bits per heavy atom. The molecule has 1 heterocycles. The average Bonchev–Trinajstić information content (AvgIpc) is 2.98. The lowest BCUT2D eigenvalue weighted by Gasteiger charge is -2.27. The first-order valence-corrected chi connectivity index (χ1v) is 6.88. The summed E-state index contributed by atoms with van der Waals surface area (Å²) in [5.74, 6) is 1.06. The topological polar surface area (TPSA) is 89.1 Å². The van der Waals surface area contributed by atoms with Crippen LogP contribution < -0.4 is 5.32 Å². The van der Waals surface area contributed by atoms with Crippen molar-refractivity contribution in [3.05, 3.63) is 0 Å². The van der Waals surface area contributed by atoms with Crippen molar-refractivity contribution in [3.8, 4) is 6.07 Å². The first-order chi connectivity index (χ1) is 7.00. The van der Waals surface area contributed by atoms with E-state index >= 15 is 0 Å². The maximum atomic E-state index is 11.1. The number of nitrogens with one attached hydrogen (secondary N) is 1. The van der Waals surface area contributed by atoms with Crippen LogP contribution in [0.1, 0.15) is 0 Å². The second kappa shape index (κ2) is 1.95. The largest absolute Gasteiger partial charge is 0.305 e. The maximum Gasteiger partial charge on any atom is 0.264 e. The summed E-state index contributed by atoms with van der Waals surface area (Å²) in [5, 5.41) is 12.3. The molecule has 0 radical (unpaired) electrons. The van der Waals surface area contributed by atoms with Crippen LogP contribution in [0.25, 0.3) is 0 Å². The summed E-state index contributed by atoms with van der Waals surface area (Å²) in [6.07, 6.45) is 0.781. The third-order valence-corrected chi connectivity index (χ3v) is 5.02. The van der Waals surface area contributed by atoms with Gasteiger partial charge in [-0.25, -0.2) is 0 Å². The first kappa shape index (κ1) is 8.50. The summed E-state index contributed by atoms with van der Waals surface area (Å²) in [6.45, 7) is 0. The van der Waals surface area contributed by atoms with E-state index in [4.69, 9.17) is 9.44 Å². The number of nitriles is 1. The maximum absolute atomic E-state index is 11.1. The molecule has 0 amide bonds. The third kappa shape index (κ3) is 0.769. The third-order valence-electron chi connectivity index (χ3n) is 4.45. The van der Waals surface area contributed by atoms with Crippen molar-refractivity contribution < 1.29 is 12.6 Å². The van der Waals surface area contributed by atoms with E-state index in [1.165, 1.54) is 0 Å². The van der Waals surface area contributed by atoms with Crippen molar-refractivity contribution in [2.45, 2.75) is 18.2 Å². The Labute approximate surface area is 87.5 Å². The molecule has 80 valence electrons. The van der Waals surface area contributed by atoms with E-state index < -0.39 is 10.1 Å². The molecule has 0 aromatic carbocycles. The molecule has 7 atom stereocenters. The molecular weight excluding hydrogens is 216 g/mol. The van der Waals surface area contributed by atoms with Gasteiger partial charge in [0.05, 0.1) is 29.9 Å². The SMILES string of the molecule is CS(=O)(=O)O[C@@H]1[C@H]2N[C@H]2[C@@H]2[C@H]3[C@@H]1[C@@]32C#N. The van der Waals surface area contributed by atoms with Gasteiger partial charge in [-0.15, -0.1) is 0 Å². The van der Waals surface area contributed by atoms with Crippen LogP contribution in [0.5, 0.6) is 0 Å². The Morgan fingerprint density at radius 2 is 2.07 bits per heavy atom. The van der Waals surface area contributed by atoms with Gasteiger partial charge in [0.1, 0.15) is 0 Å². The molecule has 4 saturated carbocycles. The molecule has 5 fully saturated rings. The predicted molar refractivity (Wildman–Crippen MR) is 48.9 cm³/mol. The molecule has 0 aromatic heterocycles. The second-order valence-corrected chi connectivity index (χ2v) is 6.71. The molecule has 0 unspecified atom stereocenters. The van der Waals surface area contributed by atoms with E-state index in [1.807, 2.05) is 0 Å². The normalized spacial score (nSPS) is 62.4. The highest BCUT2D eigenvalue weighted by atomic mass is 32.2. The van der Waals surface area contributed by atoms with Gasteiger partial charge in [-0.05, 0) is 11.8 Å². The van der Waals surface area contributed by atoms with Crippen LogP contribution in [0.15, 0.2) is 0 Å². The van der Waals surface area contributed by atoms with Gasteiger partial charge in [-0.2, -0.15) is 13.7 Å². The van der Waals surface area contributed by atoms with Crippen LogP contribution in [0.3, 0.4) is 0 Å². The summed E-state index contributed by atoms with van der Waals surface area (Å²) >= 11 is 0. The molecule has 6 heteroatoms. The molecule has 5 aliphatic rings. The Balaban J connectivity index is 1.65. The van der Waals surface area contributed by atoms with Crippen LogP contribution in [-0.2, 0) is 14.3 Å². The van der Waals surface area contributed by atoms with Crippen molar-refractivity contribution >= 4 is 10.1 Å². The van der Waals surface area contributed by atoms with Crippen LogP contribution in [0.4, 0.5) is 0 Å². The van der Waals surface area contributed by atoms with Crippen LogP contribution in [0.2, 0.25) is 0 Å². The van der Waals surface area contributed by atoms with E-state index in [1.54, 1.807) is 0 Å². The summed E-state index contributed by atoms with van der Waals surface area (Å²) in [5.41, 5.74) is -0.222. The molecule has 15 heavy (non-hydrogen) atoms. The molecule has 4 aliphatic carbocycles. The highest BCUT2D eigenvalue weighted by Gasteiger charge is 2.97. The van der Waals surface area contributed by atoms with E-state index in [-0.39, 0.29) is 23.5 Å². The van der Waals surface area contributed by atoms with Gasteiger partial charge in [0.25, 0.3) is 10.1 Å². The molecule has 0 aromatic rings. The lowest BCUT2D eigenvalue weighted by molar-refractivity contribution is 0.114. The molecule has 2 bridgehead atoms. The van der Waals surface area contributed by atoms with Crippen molar-refractivity contribution in [1.29, 1.82) is 5.26 Å². The van der Waals surface area contributed by atoms with Crippen LogP contribution in [0, 0.1) is 34.5 Å². The standard InChI is InChI=1S/C9H10N2O3S/c1-15(12,13)14-8-5-3-4(6-7(8)11-6)9(3,5)2-10/h3-8,11H,1H3/t3-,4-,5-,6-,7-,8-,9-/m0/s1. The summed E-state index contributed by atoms with van der Waals surface area (Å²) in [6, 6.07) is 2.86. The summed E-state index contributed by atoms with van der Waals surface area (Å²) < 4.78 is 27.3. The van der Waals surface area contributed by atoms with Gasteiger partial charge < -0.3 is 5.32 Å².